The van der Waals surface area contributed by atoms with Crippen molar-refractivity contribution >= 4 is 11.8 Å². The lowest BCUT2D eigenvalue weighted by molar-refractivity contribution is -0.149. The molecule has 0 bridgehead atoms. The number of ketones is 1. The van der Waals surface area contributed by atoms with Crippen LogP contribution in [0.15, 0.2) is 30.3 Å². The molecule has 1 N–H and O–H groups in total. The fourth-order valence-electron chi connectivity index (χ4n) is 2.97. The van der Waals surface area contributed by atoms with E-state index in [0.29, 0.717) is 0 Å². The van der Waals surface area contributed by atoms with Crippen LogP contribution < -0.4 is 0 Å². The Hall–Kier alpha value is -1.64. The van der Waals surface area contributed by atoms with Crippen molar-refractivity contribution in [3.8, 4) is 0 Å². The van der Waals surface area contributed by atoms with Gasteiger partial charge in [0.2, 0.25) is 5.78 Å². The van der Waals surface area contributed by atoms with E-state index in [1.807, 2.05) is 30.3 Å². The van der Waals surface area contributed by atoms with E-state index in [1.165, 1.54) is 6.42 Å². The highest BCUT2D eigenvalue weighted by Crippen LogP contribution is 2.42. The molecule has 3 nitrogen and oxygen atoms in total. The van der Waals surface area contributed by atoms with Gasteiger partial charge in [0.1, 0.15) is 0 Å². The molecule has 96 valence electrons. The van der Waals surface area contributed by atoms with E-state index in [1.54, 1.807) is 0 Å². The molecular weight excluding hydrogens is 228 g/mol. The van der Waals surface area contributed by atoms with Crippen LogP contribution in [0.3, 0.4) is 0 Å². The minimum atomic E-state index is -1.31. The number of rotatable bonds is 4. The summed E-state index contributed by atoms with van der Waals surface area (Å²) in [6, 6.07) is 9.88. The fraction of sp³-hybridized carbons (Fsp3) is 0.467. The van der Waals surface area contributed by atoms with Crippen molar-refractivity contribution < 1.29 is 14.7 Å². The van der Waals surface area contributed by atoms with Gasteiger partial charge in [0.15, 0.2) is 0 Å². The first-order valence-corrected chi connectivity index (χ1v) is 6.46. The molecule has 0 aromatic heterocycles. The molecule has 18 heavy (non-hydrogen) atoms. The van der Waals surface area contributed by atoms with Crippen molar-refractivity contribution in [3.05, 3.63) is 35.9 Å². The van der Waals surface area contributed by atoms with Crippen LogP contribution in [0.25, 0.3) is 0 Å². The minimum Gasteiger partial charge on any atom is -0.476 e. The van der Waals surface area contributed by atoms with E-state index in [-0.39, 0.29) is 11.8 Å². The number of carbonyl (C=O) groups is 2. The number of aliphatic carboxylic acids is 1. The predicted octanol–water partition coefficient (Wildman–Crippen LogP) is 2.93. The van der Waals surface area contributed by atoms with E-state index < -0.39 is 11.8 Å². The smallest absolute Gasteiger partial charge is 0.372 e. The summed E-state index contributed by atoms with van der Waals surface area (Å²) < 4.78 is 0. The number of hydrogen-bond acceptors (Lipinski definition) is 2. The number of hydrogen-bond donors (Lipinski definition) is 1. The molecule has 1 aliphatic rings. The van der Waals surface area contributed by atoms with Crippen molar-refractivity contribution in [3.63, 3.8) is 0 Å². The van der Waals surface area contributed by atoms with Crippen LogP contribution in [0.4, 0.5) is 0 Å². The van der Waals surface area contributed by atoms with E-state index in [2.05, 4.69) is 0 Å². The van der Waals surface area contributed by atoms with Crippen molar-refractivity contribution in [1.29, 1.82) is 0 Å². The number of benzene rings is 1. The van der Waals surface area contributed by atoms with E-state index in [4.69, 9.17) is 5.11 Å². The molecule has 0 atom stereocenters. The van der Waals surface area contributed by atoms with Crippen molar-refractivity contribution in [2.45, 2.75) is 43.9 Å². The molecule has 1 fully saturated rings. The number of Topliss-reactive ketones (excluding diaryl/α,β-unsaturated/α-hetero) is 1. The third-order valence-corrected chi connectivity index (χ3v) is 3.93. The highest BCUT2D eigenvalue weighted by Gasteiger charge is 2.37. The molecule has 0 aliphatic heterocycles. The van der Waals surface area contributed by atoms with Gasteiger partial charge < -0.3 is 5.11 Å². The summed E-state index contributed by atoms with van der Waals surface area (Å²) in [5.74, 6) is -1.98. The topological polar surface area (TPSA) is 54.4 Å². The van der Waals surface area contributed by atoms with Gasteiger partial charge in [-0.25, -0.2) is 4.79 Å². The zero-order valence-electron chi connectivity index (χ0n) is 10.4. The standard InChI is InChI=1S/C15H18O3/c16-13(14(17)18)11-15(9-5-2-6-10-15)12-7-3-1-4-8-12/h1,3-4,7-8H,2,5-6,9-11H2,(H,17,18). The summed E-state index contributed by atoms with van der Waals surface area (Å²) >= 11 is 0. The Labute approximate surface area is 107 Å². The maximum absolute atomic E-state index is 11.6. The second-order valence-corrected chi connectivity index (χ2v) is 5.11. The van der Waals surface area contributed by atoms with E-state index >= 15 is 0 Å². The Balaban J connectivity index is 2.29. The van der Waals surface area contributed by atoms with Gasteiger partial charge in [-0.05, 0) is 18.4 Å². The van der Waals surface area contributed by atoms with Crippen LogP contribution >= 0.6 is 0 Å². The minimum absolute atomic E-state index is 0.131. The van der Waals surface area contributed by atoms with E-state index in [9.17, 15) is 9.59 Å². The molecule has 1 aromatic carbocycles. The Bertz CT molecular complexity index is 430. The highest BCUT2D eigenvalue weighted by atomic mass is 16.4. The molecule has 0 radical (unpaired) electrons. The molecule has 0 saturated heterocycles. The SMILES string of the molecule is O=C(O)C(=O)CC1(c2ccccc2)CCCCC1. The van der Waals surface area contributed by atoms with Gasteiger partial charge in [-0.3, -0.25) is 4.79 Å². The largest absolute Gasteiger partial charge is 0.476 e. The molecule has 0 amide bonds. The van der Waals surface area contributed by atoms with Crippen LogP contribution in [-0.2, 0) is 15.0 Å². The van der Waals surface area contributed by atoms with Gasteiger partial charge >= 0.3 is 5.97 Å². The Morgan fingerprint density at radius 3 is 2.22 bits per heavy atom. The number of carboxylic acid groups (broad SMARTS) is 1. The summed E-state index contributed by atoms with van der Waals surface area (Å²) in [5.41, 5.74) is 0.855. The zero-order chi connectivity index (χ0) is 13.0. The predicted molar refractivity (Wildman–Crippen MR) is 68.5 cm³/mol. The normalized spacial score (nSPS) is 18.2. The van der Waals surface area contributed by atoms with Crippen molar-refractivity contribution in [2.75, 3.05) is 0 Å². The summed E-state index contributed by atoms with van der Waals surface area (Å²) in [4.78, 5) is 22.4. The van der Waals surface area contributed by atoms with Crippen LogP contribution in [0.5, 0.6) is 0 Å². The zero-order valence-corrected chi connectivity index (χ0v) is 10.4. The monoisotopic (exact) mass is 246 g/mol. The lowest BCUT2D eigenvalue weighted by Gasteiger charge is -2.37. The second-order valence-electron chi connectivity index (χ2n) is 5.11. The quantitative estimate of drug-likeness (QED) is 0.831. The molecule has 1 saturated carbocycles. The first-order chi connectivity index (χ1) is 8.64. The lowest BCUT2D eigenvalue weighted by atomic mass is 9.66. The molecule has 0 spiro atoms. The van der Waals surface area contributed by atoms with Crippen LogP contribution in [0.1, 0.15) is 44.1 Å². The number of carboxylic acids is 1. The van der Waals surface area contributed by atoms with Gasteiger partial charge in [-0.1, -0.05) is 49.6 Å². The first kappa shape index (κ1) is 12.8. The van der Waals surface area contributed by atoms with Crippen LogP contribution in [0, 0.1) is 0 Å². The Morgan fingerprint density at radius 2 is 1.67 bits per heavy atom. The molecule has 2 rings (SSSR count). The van der Waals surface area contributed by atoms with E-state index in [0.717, 1.165) is 31.2 Å². The lowest BCUT2D eigenvalue weighted by Crippen LogP contribution is -2.34. The van der Waals surface area contributed by atoms with Gasteiger partial charge in [-0.15, -0.1) is 0 Å². The molecule has 0 unspecified atom stereocenters. The average molecular weight is 246 g/mol. The van der Waals surface area contributed by atoms with Gasteiger partial charge in [-0.2, -0.15) is 0 Å². The van der Waals surface area contributed by atoms with Crippen molar-refractivity contribution in [1.82, 2.24) is 0 Å². The van der Waals surface area contributed by atoms with Crippen molar-refractivity contribution in [2.24, 2.45) is 0 Å². The molecule has 3 heteroatoms. The number of carbonyl (C=O) groups excluding carboxylic acids is 1. The van der Waals surface area contributed by atoms with Crippen LogP contribution in [-0.4, -0.2) is 16.9 Å². The highest BCUT2D eigenvalue weighted by molar-refractivity contribution is 6.32. The molecular formula is C15H18O3. The average Bonchev–Trinajstić information content (AvgIpc) is 2.40. The van der Waals surface area contributed by atoms with Gasteiger partial charge in [0, 0.05) is 11.8 Å². The Kier molecular flexibility index (Phi) is 3.80. The molecule has 1 aliphatic carbocycles. The summed E-state index contributed by atoms with van der Waals surface area (Å²) in [6.07, 6.45) is 5.28. The summed E-state index contributed by atoms with van der Waals surface area (Å²) in [7, 11) is 0. The maximum Gasteiger partial charge on any atom is 0.372 e. The maximum atomic E-state index is 11.6. The third kappa shape index (κ3) is 2.61. The van der Waals surface area contributed by atoms with Gasteiger partial charge in [0.05, 0.1) is 0 Å². The van der Waals surface area contributed by atoms with Gasteiger partial charge in [0.25, 0.3) is 0 Å². The first-order valence-electron chi connectivity index (χ1n) is 6.46. The molecule has 0 heterocycles. The summed E-state index contributed by atoms with van der Waals surface area (Å²) in [6.45, 7) is 0. The van der Waals surface area contributed by atoms with Crippen LogP contribution in [0.2, 0.25) is 0 Å². The molecule has 1 aromatic rings. The third-order valence-electron chi connectivity index (χ3n) is 3.93. The second kappa shape index (κ2) is 5.34. The Morgan fingerprint density at radius 1 is 1.06 bits per heavy atom. The fourth-order valence-corrected chi connectivity index (χ4v) is 2.97. The summed E-state index contributed by atoms with van der Waals surface area (Å²) in [5, 5.41) is 8.82.